The number of nitrogens with zero attached hydrogens (tertiary/aromatic N) is 2. The van der Waals surface area contributed by atoms with Gasteiger partial charge in [-0.2, -0.15) is 8.42 Å². The molecule has 2 heterocycles. The largest absolute Gasteiger partial charge is 0.296 e. The minimum atomic E-state index is -4.16. The van der Waals surface area contributed by atoms with Crippen LogP contribution in [0.25, 0.3) is 0 Å². The molecule has 1 atom stereocenters. The van der Waals surface area contributed by atoms with E-state index in [4.69, 9.17) is 4.98 Å². The Balaban J connectivity index is 2.14. The Morgan fingerprint density at radius 1 is 1.23 bits per heavy atom. The van der Waals surface area contributed by atoms with Gasteiger partial charge in [0.2, 0.25) is 0 Å². The van der Waals surface area contributed by atoms with Crippen molar-refractivity contribution >= 4 is 10.1 Å². The van der Waals surface area contributed by atoms with Gasteiger partial charge in [0.1, 0.15) is 5.82 Å². The third-order valence-electron chi connectivity index (χ3n) is 4.92. The normalized spacial score (nSPS) is 15.5. The van der Waals surface area contributed by atoms with Crippen molar-refractivity contribution in [2.45, 2.75) is 51.5 Å². The van der Waals surface area contributed by atoms with Gasteiger partial charge in [-0.05, 0) is 24.8 Å². The highest BCUT2D eigenvalue weighted by molar-refractivity contribution is 7.85. The summed E-state index contributed by atoms with van der Waals surface area (Å²) in [5, 5.41) is 0. The van der Waals surface area contributed by atoms with Gasteiger partial charge >= 0.3 is 0 Å². The summed E-state index contributed by atoms with van der Waals surface area (Å²) in [6, 6.07) is 9.62. The molecular weight excluding hydrogens is 352 g/mol. The lowest BCUT2D eigenvalue weighted by molar-refractivity contribution is 0.468. The predicted octanol–water partition coefficient (Wildman–Crippen LogP) is 2.55. The number of aryl methyl sites for hydroxylation is 1. The summed E-state index contributed by atoms with van der Waals surface area (Å²) in [6.07, 6.45) is 3.53. The highest BCUT2D eigenvalue weighted by atomic mass is 32.2. The summed E-state index contributed by atoms with van der Waals surface area (Å²) >= 11 is 0. The van der Waals surface area contributed by atoms with Gasteiger partial charge in [-0.25, -0.2) is 4.98 Å². The Hall–Kier alpha value is -1.99. The lowest BCUT2D eigenvalue weighted by atomic mass is 9.95. The zero-order valence-corrected chi connectivity index (χ0v) is 15.7. The molecule has 6 nitrogen and oxygen atoms in total. The van der Waals surface area contributed by atoms with E-state index >= 15 is 0 Å². The molecule has 3 rings (SSSR count). The maximum Gasteiger partial charge on any atom is 0.265 e. The summed E-state index contributed by atoms with van der Waals surface area (Å²) in [5.41, 5.74) is 1.96. The first kappa shape index (κ1) is 18.8. The van der Waals surface area contributed by atoms with Crippen LogP contribution in [0.3, 0.4) is 0 Å². The van der Waals surface area contributed by atoms with Crippen LogP contribution in [-0.4, -0.2) is 28.3 Å². The lowest BCUT2D eigenvalue weighted by Gasteiger charge is -2.23. The topological polar surface area (TPSA) is 89.3 Å². The molecule has 2 aromatic rings. The standard InChI is InChI=1S/C19H24N2O4S/c1-2-15(13-26(23,24)25)18-16(12-14-8-4-3-5-9-14)19(22)21-11-7-6-10-17(21)20-18/h3-5,8-9,15H,2,6-7,10-13H2,1H3,(H,23,24,25). The zero-order chi connectivity index (χ0) is 18.7. The summed E-state index contributed by atoms with van der Waals surface area (Å²) in [6.45, 7) is 2.50. The molecule has 1 N–H and O–H groups in total. The molecule has 1 aliphatic rings. The summed E-state index contributed by atoms with van der Waals surface area (Å²) < 4.78 is 34.0. The molecule has 0 spiro atoms. The molecule has 26 heavy (non-hydrogen) atoms. The average molecular weight is 376 g/mol. The molecule has 1 aromatic heterocycles. The van der Waals surface area contributed by atoms with Crippen LogP contribution in [0, 0.1) is 0 Å². The monoisotopic (exact) mass is 376 g/mol. The van der Waals surface area contributed by atoms with E-state index in [9.17, 15) is 17.8 Å². The van der Waals surface area contributed by atoms with Crippen molar-refractivity contribution in [1.29, 1.82) is 0 Å². The van der Waals surface area contributed by atoms with Gasteiger partial charge in [0, 0.05) is 30.9 Å². The van der Waals surface area contributed by atoms with Crippen molar-refractivity contribution in [1.82, 2.24) is 9.55 Å². The number of benzene rings is 1. The summed E-state index contributed by atoms with van der Waals surface area (Å²) in [7, 11) is -4.16. The SMILES string of the molecule is CCC(CS(=O)(=O)O)c1nc2n(c(=O)c1Cc1ccccc1)CCCC2. The molecule has 1 unspecified atom stereocenters. The second kappa shape index (κ2) is 7.72. The molecule has 0 saturated carbocycles. The fraction of sp³-hybridized carbons (Fsp3) is 0.474. The Labute approximate surface area is 153 Å². The fourth-order valence-corrected chi connectivity index (χ4v) is 4.48. The number of fused-ring (bicyclic) bond motifs is 1. The smallest absolute Gasteiger partial charge is 0.265 e. The first-order chi connectivity index (χ1) is 12.4. The van der Waals surface area contributed by atoms with Crippen LogP contribution in [-0.2, 0) is 29.5 Å². The van der Waals surface area contributed by atoms with E-state index in [-0.39, 0.29) is 5.56 Å². The number of rotatable bonds is 6. The van der Waals surface area contributed by atoms with Gasteiger partial charge in [-0.3, -0.25) is 13.9 Å². The number of hydrogen-bond acceptors (Lipinski definition) is 4. The Bertz CT molecular complexity index is 936. The molecule has 0 bridgehead atoms. The van der Waals surface area contributed by atoms with Crippen LogP contribution in [0.2, 0.25) is 0 Å². The molecular formula is C19H24N2O4S. The number of hydrogen-bond donors (Lipinski definition) is 1. The second-order valence-corrected chi connectivity index (χ2v) is 8.32. The fourth-order valence-electron chi connectivity index (χ4n) is 3.58. The van der Waals surface area contributed by atoms with Crippen molar-refractivity contribution < 1.29 is 13.0 Å². The number of aromatic nitrogens is 2. The zero-order valence-electron chi connectivity index (χ0n) is 14.9. The Morgan fingerprint density at radius 3 is 2.62 bits per heavy atom. The van der Waals surface area contributed by atoms with E-state index in [1.807, 2.05) is 37.3 Å². The third-order valence-corrected chi connectivity index (χ3v) is 5.74. The Kier molecular flexibility index (Phi) is 5.58. The average Bonchev–Trinajstić information content (AvgIpc) is 2.62. The van der Waals surface area contributed by atoms with E-state index in [1.165, 1.54) is 0 Å². The highest BCUT2D eigenvalue weighted by Crippen LogP contribution is 2.25. The highest BCUT2D eigenvalue weighted by Gasteiger charge is 2.26. The van der Waals surface area contributed by atoms with Crippen molar-refractivity contribution in [2.24, 2.45) is 0 Å². The van der Waals surface area contributed by atoms with Gasteiger partial charge in [-0.1, -0.05) is 37.3 Å². The molecule has 0 amide bonds. The minimum Gasteiger partial charge on any atom is -0.296 e. The minimum absolute atomic E-state index is 0.0812. The van der Waals surface area contributed by atoms with Crippen molar-refractivity contribution in [3.05, 3.63) is 63.3 Å². The van der Waals surface area contributed by atoms with E-state index in [2.05, 4.69) is 0 Å². The van der Waals surface area contributed by atoms with Gasteiger partial charge in [0.05, 0.1) is 11.4 Å². The van der Waals surface area contributed by atoms with Crippen LogP contribution < -0.4 is 5.56 Å². The van der Waals surface area contributed by atoms with Crippen LogP contribution in [0.4, 0.5) is 0 Å². The summed E-state index contributed by atoms with van der Waals surface area (Å²) in [4.78, 5) is 17.8. The first-order valence-corrected chi connectivity index (χ1v) is 10.6. The van der Waals surface area contributed by atoms with Crippen molar-refractivity contribution in [2.75, 3.05) is 5.75 Å². The quantitative estimate of drug-likeness (QED) is 0.783. The second-order valence-electron chi connectivity index (χ2n) is 6.82. The molecule has 0 aliphatic carbocycles. The molecule has 0 radical (unpaired) electrons. The van der Waals surface area contributed by atoms with Gasteiger partial charge in [-0.15, -0.1) is 0 Å². The van der Waals surface area contributed by atoms with E-state index < -0.39 is 21.8 Å². The van der Waals surface area contributed by atoms with Crippen LogP contribution in [0.15, 0.2) is 35.1 Å². The molecule has 140 valence electrons. The van der Waals surface area contributed by atoms with Crippen molar-refractivity contribution in [3.63, 3.8) is 0 Å². The predicted molar refractivity (Wildman–Crippen MR) is 100 cm³/mol. The lowest BCUT2D eigenvalue weighted by Crippen LogP contribution is -2.34. The molecule has 7 heteroatoms. The molecule has 0 saturated heterocycles. The van der Waals surface area contributed by atoms with Crippen LogP contribution in [0.5, 0.6) is 0 Å². The Morgan fingerprint density at radius 2 is 1.96 bits per heavy atom. The summed E-state index contributed by atoms with van der Waals surface area (Å²) in [5.74, 6) is -0.188. The molecule has 1 aromatic carbocycles. The maximum absolute atomic E-state index is 13.1. The first-order valence-electron chi connectivity index (χ1n) is 9.00. The third kappa shape index (κ3) is 4.22. The molecule has 0 fully saturated rings. The maximum atomic E-state index is 13.1. The van der Waals surface area contributed by atoms with E-state index in [0.29, 0.717) is 30.6 Å². The van der Waals surface area contributed by atoms with E-state index in [1.54, 1.807) is 4.57 Å². The van der Waals surface area contributed by atoms with E-state index in [0.717, 1.165) is 30.7 Å². The van der Waals surface area contributed by atoms with Crippen LogP contribution >= 0.6 is 0 Å². The van der Waals surface area contributed by atoms with Crippen molar-refractivity contribution in [3.8, 4) is 0 Å². The van der Waals surface area contributed by atoms with Gasteiger partial charge in [0.15, 0.2) is 0 Å². The molecule has 1 aliphatic heterocycles. The van der Waals surface area contributed by atoms with Crippen LogP contribution in [0.1, 0.15) is 54.7 Å². The van der Waals surface area contributed by atoms with Gasteiger partial charge in [0.25, 0.3) is 15.7 Å². The van der Waals surface area contributed by atoms with Gasteiger partial charge < -0.3 is 0 Å².